The molecule has 0 aromatic heterocycles. The summed E-state index contributed by atoms with van der Waals surface area (Å²) in [4.78, 5) is 15.0. The first-order valence-corrected chi connectivity index (χ1v) is 6.88. The van der Waals surface area contributed by atoms with Crippen molar-refractivity contribution in [1.82, 2.24) is 4.90 Å². The third-order valence-corrected chi connectivity index (χ3v) is 3.98. The molecule has 0 bridgehead atoms. The quantitative estimate of drug-likeness (QED) is 0.760. The Hall–Kier alpha value is -1.15. The minimum atomic E-state index is -0.381. The second-order valence-corrected chi connectivity index (χ2v) is 5.81. The lowest BCUT2D eigenvalue weighted by Gasteiger charge is -2.39. The number of carbonyl (C=O) groups is 1. The molecular formula is C16H23NO. The fourth-order valence-electron chi connectivity index (χ4n) is 2.74. The van der Waals surface area contributed by atoms with Crippen LogP contribution in [0.5, 0.6) is 0 Å². The Morgan fingerprint density at radius 2 is 1.83 bits per heavy atom. The maximum absolute atomic E-state index is 12.7. The number of hydrogen-bond donors (Lipinski definition) is 0. The standard InChI is InChI=1S/C16H23NO/c1-13-8-7-9-14(12-13)15(18)16(2,3)17-10-5-4-6-11-17/h7-9,12H,4-6,10-11H2,1-3H3. The zero-order chi connectivity index (χ0) is 13.2. The Morgan fingerprint density at radius 3 is 2.44 bits per heavy atom. The van der Waals surface area contributed by atoms with Crippen LogP contribution in [0.2, 0.25) is 0 Å². The second kappa shape index (κ2) is 5.23. The predicted molar refractivity (Wildman–Crippen MR) is 75.0 cm³/mol. The highest BCUT2D eigenvalue weighted by atomic mass is 16.1. The molecular weight excluding hydrogens is 222 g/mol. The Labute approximate surface area is 110 Å². The van der Waals surface area contributed by atoms with Crippen molar-refractivity contribution >= 4 is 5.78 Å². The van der Waals surface area contributed by atoms with Gasteiger partial charge in [-0.15, -0.1) is 0 Å². The summed E-state index contributed by atoms with van der Waals surface area (Å²) < 4.78 is 0. The lowest BCUT2D eigenvalue weighted by Crippen LogP contribution is -2.52. The van der Waals surface area contributed by atoms with E-state index in [1.807, 2.05) is 31.2 Å². The van der Waals surface area contributed by atoms with Gasteiger partial charge in [0.2, 0.25) is 0 Å². The molecule has 1 saturated heterocycles. The van der Waals surface area contributed by atoms with Gasteiger partial charge in [0, 0.05) is 5.56 Å². The lowest BCUT2D eigenvalue weighted by molar-refractivity contribution is 0.0579. The molecule has 0 aliphatic carbocycles. The highest BCUT2D eigenvalue weighted by Gasteiger charge is 2.35. The van der Waals surface area contributed by atoms with Gasteiger partial charge in [-0.05, 0) is 52.8 Å². The fraction of sp³-hybridized carbons (Fsp3) is 0.562. The summed E-state index contributed by atoms with van der Waals surface area (Å²) in [5.41, 5.74) is 1.61. The van der Waals surface area contributed by atoms with E-state index < -0.39 is 0 Å². The fourth-order valence-corrected chi connectivity index (χ4v) is 2.74. The molecule has 2 heteroatoms. The van der Waals surface area contributed by atoms with E-state index in [2.05, 4.69) is 18.7 Å². The molecule has 1 heterocycles. The van der Waals surface area contributed by atoms with Gasteiger partial charge in [-0.25, -0.2) is 0 Å². The van der Waals surface area contributed by atoms with Gasteiger partial charge < -0.3 is 0 Å². The topological polar surface area (TPSA) is 20.3 Å². The molecule has 2 nitrogen and oxygen atoms in total. The summed E-state index contributed by atoms with van der Waals surface area (Å²) in [5.74, 6) is 0.244. The van der Waals surface area contributed by atoms with Crippen LogP contribution in [0.25, 0.3) is 0 Å². The zero-order valence-electron chi connectivity index (χ0n) is 11.7. The molecule has 2 rings (SSSR count). The van der Waals surface area contributed by atoms with E-state index in [0.717, 1.165) is 24.2 Å². The number of rotatable bonds is 3. The van der Waals surface area contributed by atoms with Crippen LogP contribution in [0, 0.1) is 6.92 Å². The Balaban J connectivity index is 2.20. The number of carbonyl (C=O) groups excluding carboxylic acids is 1. The lowest BCUT2D eigenvalue weighted by atomic mass is 9.89. The van der Waals surface area contributed by atoms with E-state index in [4.69, 9.17) is 0 Å². The van der Waals surface area contributed by atoms with E-state index in [1.165, 1.54) is 19.3 Å². The first-order valence-electron chi connectivity index (χ1n) is 6.88. The molecule has 1 aliphatic rings. The summed E-state index contributed by atoms with van der Waals surface area (Å²) in [5, 5.41) is 0. The molecule has 0 amide bonds. The average Bonchev–Trinajstić information content (AvgIpc) is 2.39. The van der Waals surface area contributed by atoms with Crippen LogP contribution in [0.3, 0.4) is 0 Å². The molecule has 1 aromatic rings. The Morgan fingerprint density at radius 1 is 1.17 bits per heavy atom. The van der Waals surface area contributed by atoms with Gasteiger partial charge in [0.15, 0.2) is 5.78 Å². The highest BCUT2D eigenvalue weighted by Crippen LogP contribution is 2.24. The van der Waals surface area contributed by atoms with Crippen molar-refractivity contribution in [2.75, 3.05) is 13.1 Å². The van der Waals surface area contributed by atoms with E-state index in [0.29, 0.717) is 0 Å². The number of nitrogens with zero attached hydrogens (tertiary/aromatic N) is 1. The average molecular weight is 245 g/mol. The summed E-state index contributed by atoms with van der Waals surface area (Å²) in [7, 11) is 0. The minimum absolute atomic E-state index is 0.244. The first-order chi connectivity index (χ1) is 8.51. The SMILES string of the molecule is Cc1cccc(C(=O)C(C)(C)N2CCCCC2)c1. The molecule has 1 aromatic carbocycles. The van der Waals surface area contributed by atoms with Gasteiger partial charge >= 0.3 is 0 Å². The number of Topliss-reactive ketones (excluding diaryl/α,β-unsaturated/α-hetero) is 1. The van der Waals surface area contributed by atoms with Crippen molar-refractivity contribution in [1.29, 1.82) is 0 Å². The van der Waals surface area contributed by atoms with Crippen molar-refractivity contribution in [3.8, 4) is 0 Å². The molecule has 0 atom stereocenters. The van der Waals surface area contributed by atoms with E-state index >= 15 is 0 Å². The summed E-state index contributed by atoms with van der Waals surface area (Å²) in [6, 6.07) is 7.93. The molecule has 98 valence electrons. The van der Waals surface area contributed by atoms with Gasteiger partial charge in [0.25, 0.3) is 0 Å². The number of hydrogen-bond acceptors (Lipinski definition) is 2. The number of aryl methyl sites for hydroxylation is 1. The Bertz CT molecular complexity index is 430. The number of benzene rings is 1. The van der Waals surface area contributed by atoms with Crippen LogP contribution in [-0.2, 0) is 0 Å². The number of ketones is 1. The van der Waals surface area contributed by atoms with Crippen molar-refractivity contribution in [2.24, 2.45) is 0 Å². The molecule has 1 fully saturated rings. The van der Waals surface area contributed by atoms with Crippen molar-refractivity contribution in [3.05, 3.63) is 35.4 Å². The predicted octanol–water partition coefficient (Wildman–Crippen LogP) is 3.44. The molecule has 0 saturated carbocycles. The molecule has 0 unspecified atom stereocenters. The summed E-state index contributed by atoms with van der Waals surface area (Å²) in [6.45, 7) is 8.24. The van der Waals surface area contributed by atoms with Crippen molar-refractivity contribution in [3.63, 3.8) is 0 Å². The third-order valence-electron chi connectivity index (χ3n) is 3.98. The normalized spacial score (nSPS) is 17.7. The zero-order valence-corrected chi connectivity index (χ0v) is 11.7. The van der Waals surface area contributed by atoms with Crippen molar-refractivity contribution in [2.45, 2.75) is 45.6 Å². The first kappa shape index (κ1) is 13.3. The Kier molecular flexibility index (Phi) is 3.86. The monoisotopic (exact) mass is 245 g/mol. The van der Waals surface area contributed by atoms with Crippen LogP contribution < -0.4 is 0 Å². The van der Waals surface area contributed by atoms with E-state index in [-0.39, 0.29) is 11.3 Å². The molecule has 0 N–H and O–H groups in total. The molecule has 18 heavy (non-hydrogen) atoms. The highest BCUT2D eigenvalue weighted by molar-refractivity contribution is 6.02. The largest absolute Gasteiger partial charge is 0.292 e. The molecule has 0 radical (unpaired) electrons. The van der Waals surface area contributed by atoms with Crippen LogP contribution >= 0.6 is 0 Å². The maximum atomic E-state index is 12.7. The third kappa shape index (κ3) is 2.64. The van der Waals surface area contributed by atoms with Gasteiger partial charge in [0.1, 0.15) is 0 Å². The molecule has 0 spiro atoms. The number of likely N-dealkylation sites (tertiary alicyclic amines) is 1. The second-order valence-electron chi connectivity index (χ2n) is 5.81. The van der Waals surface area contributed by atoms with Crippen LogP contribution in [0.4, 0.5) is 0 Å². The number of piperidine rings is 1. The summed E-state index contributed by atoms with van der Waals surface area (Å²) in [6.07, 6.45) is 3.72. The van der Waals surface area contributed by atoms with Crippen LogP contribution in [0.15, 0.2) is 24.3 Å². The smallest absolute Gasteiger partial charge is 0.182 e. The van der Waals surface area contributed by atoms with Gasteiger partial charge in [-0.1, -0.05) is 30.2 Å². The van der Waals surface area contributed by atoms with Crippen molar-refractivity contribution < 1.29 is 4.79 Å². The molecule has 1 aliphatic heterocycles. The van der Waals surface area contributed by atoms with Crippen LogP contribution in [0.1, 0.15) is 49.0 Å². The van der Waals surface area contributed by atoms with E-state index in [1.54, 1.807) is 0 Å². The summed E-state index contributed by atoms with van der Waals surface area (Å²) >= 11 is 0. The van der Waals surface area contributed by atoms with Gasteiger partial charge in [-0.2, -0.15) is 0 Å². The van der Waals surface area contributed by atoms with Gasteiger partial charge in [-0.3, -0.25) is 9.69 Å². The maximum Gasteiger partial charge on any atom is 0.182 e. The van der Waals surface area contributed by atoms with Crippen LogP contribution in [-0.4, -0.2) is 29.3 Å². The minimum Gasteiger partial charge on any atom is -0.292 e. The van der Waals surface area contributed by atoms with E-state index in [9.17, 15) is 4.79 Å². The van der Waals surface area contributed by atoms with Gasteiger partial charge in [0.05, 0.1) is 5.54 Å².